The molecule has 2 N–H and O–H groups in total. The van der Waals surface area contributed by atoms with Crippen LogP contribution in [-0.2, 0) is 4.79 Å². The molecule has 0 aliphatic rings. The van der Waals surface area contributed by atoms with E-state index in [1.54, 1.807) is 13.8 Å². The fourth-order valence-electron chi connectivity index (χ4n) is 1.60. The first-order valence-corrected chi connectivity index (χ1v) is 6.25. The topological polar surface area (TPSA) is 58.6 Å². The van der Waals surface area contributed by atoms with Crippen LogP contribution in [0.1, 0.15) is 39.4 Å². The van der Waals surface area contributed by atoms with Crippen LogP contribution >= 0.6 is 0 Å². The summed E-state index contributed by atoms with van der Waals surface area (Å²) in [5.74, 6) is -0.576. The fraction of sp³-hybridized carbons (Fsp3) is 0.500. The Morgan fingerprint density at radius 2 is 1.95 bits per heavy atom. The molecule has 1 amide bonds. The summed E-state index contributed by atoms with van der Waals surface area (Å²) in [6.45, 7) is 6.81. The first kappa shape index (κ1) is 15.4. The number of ether oxygens (including phenoxy) is 1. The molecule has 0 spiro atoms. The molecule has 5 heteroatoms. The van der Waals surface area contributed by atoms with Crippen molar-refractivity contribution >= 4 is 5.91 Å². The van der Waals surface area contributed by atoms with Gasteiger partial charge in [-0.3, -0.25) is 4.79 Å². The van der Waals surface area contributed by atoms with Crippen LogP contribution in [0.3, 0.4) is 0 Å². The van der Waals surface area contributed by atoms with Crippen LogP contribution < -0.4 is 10.1 Å². The largest absolute Gasteiger partial charge is 0.480 e. The van der Waals surface area contributed by atoms with E-state index in [2.05, 4.69) is 5.32 Å². The fourth-order valence-corrected chi connectivity index (χ4v) is 1.60. The number of aliphatic hydroxyl groups is 1. The van der Waals surface area contributed by atoms with Crippen molar-refractivity contribution in [2.45, 2.75) is 45.9 Å². The molecule has 1 rings (SSSR count). The van der Waals surface area contributed by atoms with Crippen molar-refractivity contribution in [3.63, 3.8) is 0 Å². The molecule has 0 aliphatic heterocycles. The number of aliphatic hydroxyl groups excluding tert-OH is 1. The van der Waals surface area contributed by atoms with Crippen LogP contribution in [0.15, 0.2) is 18.2 Å². The minimum absolute atomic E-state index is 0.00213. The Bertz CT molecular complexity index is 446. The average Bonchev–Trinajstić information content (AvgIpc) is 2.27. The molecule has 4 nitrogen and oxygen atoms in total. The Hall–Kier alpha value is -1.62. The Morgan fingerprint density at radius 1 is 1.32 bits per heavy atom. The van der Waals surface area contributed by atoms with Gasteiger partial charge in [0.2, 0.25) is 0 Å². The lowest BCUT2D eigenvalue weighted by Crippen LogP contribution is -2.40. The molecule has 0 heterocycles. The Balaban J connectivity index is 2.86. The van der Waals surface area contributed by atoms with Gasteiger partial charge in [-0.2, -0.15) is 0 Å². The highest BCUT2D eigenvalue weighted by Gasteiger charge is 2.18. The predicted molar refractivity (Wildman–Crippen MR) is 70.4 cm³/mol. The zero-order chi connectivity index (χ0) is 14.6. The summed E-state index contributed by atoms with van der Waals surface area (Å²) < 4.78 is 18.6. The summed E-state index contributed by atoms with van der Waals surface area (Å²) in [5.41, 5.74) is 0.450. The van der Waals surface area contributed by atoms with Gasteiger partial charge in [0, 0.05) is 17.7 Å². The summed E-state index contributed by atoms with van der Waals surface area (Å²) in [7, 11) is 0. The molecule has 0 bridgehead atoms. The summed E-state index contributed by atoms with van der Waals surface area (Å²) >= 11 is 0. The van der Waals surface area contributed by atoms with Crippen molar-refractivity contribution in [3.8, 4) is 5.75 Å². The van der Waals surface area contributed by atoms with Gasteiger partial charge in [-0.1, -0.05) is 0 Å². The third-order valence-electron chi connectivity index (χ3n) is 2.53. The lowest BCUT2D eigenvalue weighted by Gasteiger charge is -2.19. The smallest absolute Gasteiger partial charge is 0.260 e. The summed E-state index contributed by atoms with van der Waals surface area (Å²) in [6.07, 6.45) is -1.56. The summed E-state index contributed by atoms with van der Waals surface area (Å²) in [6, 6.07) is 3.86. The molecule has 0 saturated heterocycles. The summed E-state index contributed by atoms with van der Waals surface area (Å²) in [4.78, 5) is 11.7. The molecular formula is C14H20FNO3. The first-order valence-electron chi connectivity index (χ1n) is 6.25. The van der Waals surface area contributed by atoms with E-state index in [-0.39, 0.29) is 17.7 Å². The van der Waals surface area contributed by atoms with Gasteiger partial charge >= 0.3 is 0 Å². The third kappa shape index (κ3) is 4.52. The molecule has 0 radical (unpaired) electrons. The van der Waals surface area contributed by atoms with E-state index >= 15 is 0 Å². The van der Waals surface area contributed by atoms with Gasteiger partial charge in [-0.05, 0) is 39.8 Å². The third-order valence-corrected chi connectivity index (χ3v) is 2.53. The zero-order valence-corrected chi connectivity index (χ0v) is 11.6. The maximum Gasteiger partial charge on any atom is 0.260 e. The highest BCUT2D eigenvalue weighted by molar-refractivity contribution is 5.80. The highest BCUT2D eigenvalue weighted by atomic mass is 19.1. The Kier molecular flexibility index (Phi) is 5.30. The minimum atomic E-state index is -0.795. The molecule has 0 fully saturated rings. The maximum atomic E-state index is 13.2. The monoisotopic (exact) mass is 269 g/mol. The average molecular weight is 269 g/mol. The zero-order valence-electron chi connectivity index (χ0n) is 11.6. The number of halogens is 1. The van der Waals surface area contributed by atoms with E-state index in [9.17, 15) is 14.3 Å². The van der Waals surface area contributed by atoms with Gasteiger partial charge in [-0.25, -0.2) is 4.39 Å². The van der Waals surface area contributed by atoms with Crippen LogP contribution in [0.5, 0.6) is 5.75 Å². The number of rotatable bonds is 5. The van der Waals surface area contributed by atoms with Gasteiger partial charge in [0.15, 0.2) is 6.10 Å². The Labute approximate surface area is 112 Å². The van der Waals surface area contributed by atoms with E-state index in [4.69, 9.17) is 4.74 Å². The number of carbonyl (C=O) groups is 1. The molecular weight excluding hydrogens is 249 g/mol. The molecule has 0 aromatic heterocycles. The van der Waals surface area contributed by atoms with Crippen molar-refractivity contribution in [1.29, 1.82) is 0 Å². The molecule has 2 atom stereocenters. The number of carbonyl (C=O) groups excluding carboxylic acids is 1. The van der Waals surface area contributed by atoms with E-state index in [1.807, 2.05) is 13.8 Å². The highest BCUT2D eigenvalue weighted by Crippen LogP contribution is 2.26. The van der Waals surface area contributed by atoms with Crippen LogP contribution in [0.4, 0.5) is 4.39 Å². The molecule has 0 aliphatic carbocycles. The second kappa shape index (κ2) is 6.52. The van der Waals surface area contributed by atoms with Crippen molar-refractivity contribution < 1.29 is 19.0 Å². The van der Waals surface area contributed by atoms with Crippen LogP contribution in [0.2, 0.25) is 0 Å². The Morgan fingerprint density at radius 3 is 2.47 bits per heavy atom. The number of nitrogens with one attached hydrogen (secondary N) is 1. The van der Waals surface area contributed by atoms with Crippen LogP contribution in [-0.4, -0.2) is 23.2 Å². The molecule has 106 valence electrons. The van der Waals surface area contributed by atoms with Gasteiger partial charge in [0.1, 0.15) is 11.6 Å². The molecule has 1 aromatic rings. The van der Waals surface area contributed by atoms with E-state index in [0.29, 0.717) is 5.56 Å². The van der Waals surface area contributed by atoms with Gasteiger partial charge in [0.25, 0.3) is 5.91 Å². The standard InChI is InChI=1S/C14H20FNO3/c1-8(2)16-14(18)10(4)19-13-7-11(15)5-6-12(13)9(3)17/h5-10,17H,1-4H3,(H,16,18)/t9-,10?/m0/s1. The van der Waals surface area contributed by atoms with Crippen molar-refractivity contribution in [2.75, 3.05) is 0 Å². The molecule has 19 heavy (non-hydrogen) atoms. The normalized spacial score (nSPS) is 14.1. The van der Waals surface area contributed by atoms with Gasteiger partial charge < -0.3 is 15.2 Å². The van der Waals surface area contributed by atoms with Gasteiger partial charge in [0.05, 0.1) is 6.10 Å². The van der Waals surface area contributed by atoms with Crippen molar-refractivity contribution in [2.24, 2.45) is 0 Å². The van der Waals surface area contributed by atoms with Crippen LogP contribution in [0.25, 0.3) is 0 Å². The maximum absolute atomic E-state index is 13.2. The number of amides is 1. The second-order valence-corrected chi connectivity index (χ2v) is 4.78. The molecule has 1 unspecified atom stereocenters. The van der Waals surface area contributed by atoms with E-state index in [0.717, 1.165) is 0 Å². The predicted octanol–water partition coefficient (Wildman–Crippen LogP) is 2.17. The lowest BCUT2D eigenvalue weighted by molar-refractivity contribution is -0.127. The second-order valence-electron chi connectivity index (χ2n) is 4.78. The number of hydrogen-bond acceptors (Lipinski definition) is 3. The lowest BCUT2D eigenvalue weighted by atomic mass is 10.1. The van der Waals surface area contributed by atoms with E-state index < -0.39 is 18.0 Å². The van der Waals surface area contributed by atoms with E-state index in [1.165, 1.54) is 18.2 Å². The minimum Gasteiger partial charge on any atom is -0.480 e. The van der Waals surface area contributed by atoms with Crippen molar-refractivity contribution in [1.82, 2.24) is 5.32 Å². The quantitative estimate of drug-likeness (QED) is 0.861. The first-order chi connectivity index (χ1) is 8.81. The SMILES string of the molecule is CC(C)NC(=O)C(C)Oc1cc(F)ccc1[C@H](C)O. The number of benzene rings is 1. The summed E-state index contributed by atoms with van der Waals surface area (Å²) in [5, 5.41) is 12.3. The molecule has 1 aromatic carbocycles. The van der Waals surface area contributed by atoms with Crippen LogP contribution in [0, 0.1) is 5.82 Å². The molecule has 0 saturated carbocycles. The van der Waals surface area contributed by atoms with Crippen molar-refractivity contribution in [3.05, 3.63) is 29.6 Å². The number of hydrogen-bond donors (Lipinski definition) is 2. The van der Waals surface area contributed by atoms with Gasteiger partial charge in [-0.15, -0.1) is 0 Å².